The number of amides is 1. The number of nitrogens with zero attached hydrogens (tertiary/aromatic N) is 1. The first-order chi connectivity index (χ1) is 11.0. The van der Waals surface area contributed by atoms with E-state index < -0.39 is 39.6 Å². The van der Waals surface area contributed by atoms with E-state index in [1.165, 1.54) is 26.2 Å². The number of hydrogen-bond acceptors (Lipinski definition) is 4. The van der Waals surface area contributed by atoms with Crippen molar-refractivity contribution in [2.45, 2.75) is 36.9 Å². The van der Waals surface area contributed by atoms with Crippen molar-refractivity contribution >= 4 is 21.6 Å². The van der Waals surface area contributed by atoms with Crippen molar-refractivity contribution in [1.82, 2.24) is 4.31 Å². The molecule has 1 amide bonds. The summed E-state index contributed by atoms with van der Waals surface area (Å²) in [5, 5.41) is 2.40. The van der Waals surface area contributed by atoms with Crippen LogP contribution in [0.15, 0.2) is 23.1 Å². The maximum Gasteiger partial charge on any atom is 0.402 e. The van der Waals surface area contributed by atoms with Crippen molar-refractivity contribution in [2.24, 2.45) is 0 Å². The Morgan fingerprint density at radius 2 is 2.00 bits per heavy atom. The third-order valence-corrected chi connectivity index (χ3v) is 5.28. The standard InChI is InChI=1S/C14H17F3N2O4S/c1-9(20)18-10-3-6-12(23-2)13(7-10)24(21,22)19(11-4-5-11)8-14(15,16)17/h3,6-7,11H,4-5,8H2,1-2H3,(H,18,20). The maximum absolute atomic E-state index is 12.8. The topological polar surface area (TPSA) is 75.7 Å². The second-order valence-electron chi connectivity index (χ2n) is 5.44. The average Bonchev–Trinajstić information content (AvgIpc) is 3.27. The van der Waals surface area contributed by atoms with Gasteiger partial charge in [0.1, 0.15) is 17.2 Å². The number of benzene rings is 1. The molecule has 0 atom stereocenters. The molecule has 0 saturated heterocycles. The fourth-order valence-electron chi connectivity index (χ4n) is 2.24. The molecule has 0 aliphatic heterocycles. The third-order valence-electron chi connectivity index (χ3n) is 3.36. The number of rotatable bonds is 6. The number of hydrogen-bond donors (Lipinski definition) is 1. The molecule has 6 nitrogen and oxygen atoms in total. The van der Waals surface area contributed by atoms with Gasteiger partial charge in [-0.05, 0) is 31.0 Å². The van der Waals surface area contributed by atoms with Crippen molar-refractivity contribution in [1.29, 1.82) is 0 Å². The third kappa shape index (κ3) is 4.38. The minimum Gasteiger partial charge on any atom is -0.495 e. The van der Waals surface area contributed by atoms with E-state index in [0.29, 0.717) is 17.1 Å². The fourth-order valence-corrected chi connectivity index (χ4v) is 4.09. The molecule has 1 aromatic carbocycles. The van der Waals surface area contributed by atoms with Crippen LogP contribution in [0.25, 0.3) is 0 Å². The summed E-state index contributed by atoms with van der Waals surface area (Å²) in [6.45, 7) is -0.327. The molecule has 1 fully saturated rings. The molecule has 1 aliphatic carbocycles. The number of nitrogens with one attached hydrogen (secondary N) is 1. The van der Waals surface area contributed by atoms with Gasteiger partial charge in [0.05, 0.1) is 7.11 Å². The highest BCUT2D eigenvalue weighted by molar-refractivity contribution is 7.89. The zero-order valence-electron chi connectivity index (χ0n) is 13.1. The first-order valence-electron chi connectivity index (χ1n) is 7.09. The SMILES string of the molecule is COc1ccc(NC(C)=O)cc1S(=O)(=O)N(CC(F)(F)F)C1CC1. The Kier molecular flexibility index (Phi) is 5.09. The molecule has 0 spiro atoms. The first-order valence-corrected chi connectivity index (χ1v) is 8.53. The number of anilines is 1. The Hall–Kier alpha value is -1.81. The normalized spacial score (nSPS) is 15.4. The Morgan fingerprint density at radius 3 is 2.46 bits per heavy atom. The number of sulfonamides is 1. The Morgan fingerprint density at radius 1 is 1.38 bits per heavy atom. The van der Waals surface area contributed by atoms with E-state index >= 15 is 0 Å². The van der Waals surface area contributed by atoms with E-state index in [2.05, 4.69) is 5.32 Å². The van der Waals surface area contributed by atoms with Crippen LogP contribution in [0.2, 0.25) is 0 Å². The minimum absolute atomic E-state index is 0.0862. The molecule has 2 rings (SSSR count). The summed E-state index contributed by atoms with van der Waals surface area (Å²) >= 11 is 0. The van der Waals surface area contributed by atoms with Gasteiger partial charge in [0, 0.05) is 18.7 Å². The predicted molar refractivity (Wildman–Crippen MR) is 80.3 cm³/mol. The molecule has 1 N–H and O–H groups in total. The summed E-state index contributed by atoms with van der Waals surface area (Å²) in [6, 6.07) is 3.12. The van der Waals surface area contributed by atoms with Gasteiger partial charge in [0.2, 0.25) is 15.9 Å². The quantitative estimate of drug-likeness (QED) is 0.839. The predicted octanol–water partition coefficient (Wildman–Crippen LogP) is 2.37. The summed E-state index contributed by atoms with van der Waals surface area (Å²) < 4.78 is 69.2. The molecule has 1 aromatic rings. The van der Waals surface area contributed by atoms with E-state index in [4.69, 9.17) is 4.74 Å². The van der Waals surface area contributed by atoms with Crippen LogP contribution < -0.4 is 10.1 Å². The van der Waals surface area contributed by atoms with Gasteiger partial charge in [-0.2, -0.15) is 17.5 Å². The smallest absolute Gasteiger partial charge is 0.402 e. The lowest BCUT2D eigenvalue weighted by Crippen LogP contribution is -2.40. The summed E-state index contributed by atoms with van der Waals surface area (Å²) in [7, 11) is -3.22. The summed E-state index contributed by atoms with van der Waals surface area (Å²) in [4.78, 5) is 10.7. The van der Waals surface area contributed by atoms with Gasteiger partial charge in [-0.15, -0.1) is 0 Å². The van der Waals surface area contributed by atoms with Crippen LogP contribution in [0, 0.1) is 0 Å². The zero-order chi connectivity index (χ0) is 18.1. The van der Waals surface area contributed by atoms with E-state index in [1.54, 1.807) is 0 Å². The summed E-state index contributed by atoms with van der Waals surface area (Å²) in [5.74, 6) is -0.519. The number of carbonyl (C=O) groups is 1. The number of methoxy groups -OCH3 is 1. The Labute approximate surface area is 137 Å². The second-order valence-corrected chi connectivity index (χ2v) is 7.30. The highest BCUT2D eigenvalue weighted by Crippen LogP contribution is 2.38. The van der Waals surface area contributed by atoms with E-state index in [0.717, 1.165) is 6.07 Å². The largest absolute Gasteiger partial charge is 0.495 e. The van der Waals surface area contributed by atoms with Crippen molar-refractivity contribution in [2.75, 3.05) is 19.0 Å². The lowest BCUT2D eigenvalue weighted by atomic mass is 10.3. The second kappa shape index (κ2) is 6.60. The molecule has 0 radical (unpaired) electrons. The van der Waals surface area contributed by atoms with Crippen molar-refractivity contribution in [3.8, 4) is 5.75 Å². The van der Waals surface area contributed by atoms with Crippen LogP contribution in [-0.4, -0.2) is 44.5 Å². The highest BCUT2D eigenvalue weighted by atomic mass is 32.2. The molecule has 0 aromatic heterocycles. The molecule has 1 aliphatic rings. The fraction of sp³-hybridized carbons (Fsp3) is 0.500. The van der Waals surface area contributed by atoms with Crippen LogP contribution in [0.5, 0.6) is 5.75 Å². The molecular weight excluding hydrogens is 349 g/mol. The average molecular weight is 366 g/mol. The van der Waals surface area contributed by atoms with Gasteiger partial charge >= 0.3 is 6.18 Å². The highest BCUT2D eigenvalue weighted by Gasteiger charge is 2.45. The first kappa shape index (κ1) is 18.5. The molecule has 24 heavy (non-hydrogen) atoms. The van der Waals surface area contributed by atoms with Gasteiger partial charge in [-0.1, -0.05) is 0 Å². The van der Waals surface area contributed by atoms with Crippen LogP contribution in [0.4, 0.5) is 18.9 Å². The molecule has 10 heteroatoms. The number of halogens is 3. The monoisotopic (exact) mass is 366 g/mol. The van der Waals surface area contributed by atoms with Gasteiger partial charge in [0.25, 0.3) is 0 Å². The van der Waals surface area contributed by atoms with Gasteiger partial charge in [-0.25, -0.2) is 8.42 Å². The van der Waals surface area contributed by atoms with Crippen molar-refractivity contribution in [3.63, 3.8) is 0 Å². The molecule has 0 heterocycles. The Balaban J connectivity index is 2.47. The number of ether oxygens (including phenoxy) is 1. The molecule has 0 unspecified atom stereocenters. The lowest BCUT2D eigenvalue weighted by Gasteiger charge is -2.24. The minimum atomic E-state index is -4.65. The van der Waals surface area contributed by atoms with Crippen molar-refractivity contribution < 1.29 is 31.1 Å². The van der Waals surface area contributed by atoms with Crippen LogP contribution in [0.3, 0.4) is 0 Å². The van der Waals surface area contributed by atoms with Crippen LogP contribution in [-0.2, 0) is 14.8 Å². The van der Waals surface area contributed by atoms with E-state index in [1.807, 2.05) is 0 Å². The van der Waals surface area contributed by atoms with E-state index in [9.17, 15) is 26.4 Å². The molecule has 134 valence electrons. The summed E-state index contributed by atoms with van der Waals surface area (Å²) in [5.41, 5.74) is 0.157. The molecule has 0 bridgehead atoms. The lowest BCUT2D eigenvalue weighted by molar-refractivity contribution is -0.137. The van der Waals surface area contributed by atoms with Gasteiger partial charge in [0.15, 0.2) is 0 Å². The zero-order valence-corrected chi connectivity index (χ0v) is 13.9. The van der Waals surface area contributed by atoms with Crippen molar-refractivity contribution in [3.05, 3.63) is 18.2 Å². The Bertz CT molecular complexity index is 730. The molecule has 1 saturated carbocycles. The number of carbonyl (C=O) groups excluding carboxylic acids is 1. The van der Waals surface area contributed by atoms with Crippen LogP contribution >= 0.6 is 0 Å². The van der Waals surface area contributed by atoms with Gasteiger partial charge in [-0.3, -0.25) is 4.79 Å². The van der Waals surface area contributed by atoms with Crippen LogP contribution in [0.1, 0.15) is 19.8 Å². The molecular formula is C14H17F3N2O4S. The summed E-state index contributed by atoms with van der Waals surface area (Å²) in [6.07, 6.45) is -3.90. The number of alkyl halides is 3. The van der Waals surface area contributed by atoms with E-state index in [-0.39, 0.29) is 11.4 Å². The van der Waals surface area contributed by atoms with Gasteiger partial charge < -0.3 is 10.1 Å². The maximum atomic E-state index is 12.8.